The van der Waals surface area contributed by atoms with Crippen molar-refractivity contribution in [2.45, 2.75) is 147 Å². The fourth-order valence-electron chi connectivity index (χ4n) is 10.8. The number of allylic oxidation sites excluding steroid dienone is 44. The molecular weight excluding hydrogens is 1220 g/mol. The molecule has 13 heteroatoms. The van der Waals surface area contributed by atoms with E-state index < -0.39 is 0 Å². The number of rotatable bonds is 20. The zero-order chi connectivity index (χ0) is 70.8. The minimum atomic E-state index is -0.106. The Morgan fingerprint density at radius 2 is 0.521 bits per heavy atom. The lowest BCUT2D eigenvalue weighted by Gasteiger charge is -2.15. The SMILES string of the molecule is CCCCC1=C/C(=C/C=C2/C=C(C)C(=O)C(CC)=C2)C=C(CC)C1=O.CCCCC1=C/C(=C/C=C2/C=C(C)C(=O)C(OC)=C2)C=C(OC)C1=O.CCCCC1=C/C(=C/C=C2C=C(C)C(=O)C(C)=C2)C=C(C)C1=O.COC1=C/C(=C\C=C2/C=C(OC)C(=O)C(SC)=C2)C=C(C)C1=O. The van der Waals surface area contributed by atoms with E-state index in [9.17, 15) is 38.4 Å². The molecule has 0 N–H and O–H groups in total. The smallest absolute Gasteiger partial charge is 0.233 e. The molecule has 0 fully saturated rings. The van der Waals surface area contributed by atoms with E-state index in [1.165, 1.54) is 40.2 Å². The number of Topliss-reactive ketones (excluding diaryl/α,β-unsaturated/α-hetero) is 8. The van der Waals surface area contributed by atoms with E-state index in [2.05, 4.69) is 20.8 Å². The summed E-state index contributed by atoms with van der Waals surface area (Å²) < 4.78 is 20.6. The molecule has 0 spiro atoms. The lowest BCUT2D eigenvalue weighted by atomic mass is 9.89. The molecule has 0 aromatic heterocycles. The normalized spacial score (nSPS) is 21.0. The van der Waals surface area contributed by atoms with Crippen LogP contribution in [0.3, 0.4) is 0 Å². The Hall–Kier alpha value is -9.33. The molecule has 0 bridgehead atoms. The van der Waals surface area contributed by atoms with E-state index in [1.807, 2.05) is 163 Å². The van der Waals surface area contributed by atoms with Crippen LogP contribution in [0.2, 0.25) is 0 Å². The highest BCUT2D eigenvalue weighted by molar-refractivity contribution is 8.03. The van der Waals surface area contributed by atoms with Crippen LogP contribution in [-0.2, 0) is 57.3 Å². The average Bonchev–Trinajstić information content (AvgIpc) is 0.905. The standard InChI is InChI=1S/C23H28O2.C21H24O4.C21H24O2.C18H18O4S/c1-5-8-9-21-15-18(14-20(7-3)23(21)25)11-10-17-12-16(4)22(24)19(6-2)13-17;1-5-6-7-17-11-16(13-19(25-4)21(17)23)9-8-15-10-14(2)20(22)18(12-15)24-3;1-5-6-7-19-13-18(12-16(4)21(19)23)9-8-17-10-14(2)20(22)15(3)11-17;1-11-7-12(8-14(21-2)17(11)19)5-6-13-9-15(22-3)18(20)16(10-13)23-4/h10-15H,5-9H2,1-4H3;8-13H,5-7H2,1-4H3;8-13H,5-7H2,1-4H3;5-10H,1-4H3/b17-10-,18-11+;15-8-,16-9-;18-9+;12-5-,13-6+. The molecule has 8 rings (SSSR count). The lowest BCUT2D eigenvalue weighted by molar-refractivity contribution is -0.115. The molecule has 0 aromatic rings. The largest absolute Gasteiger partial charge is 0.493 e. The van der Waals surface area contributed by atoms with Gasteiger partial charge in [0.15, 0.2) is 46.2 Å². The van der Waals surface area contributed by atoms with Gasteiger partial charge in [0.1, 0.15) is 0 Å². The number of methoxy groups -OCH3 is 4. The first-order valence-corrected chi connectivity index (χ1v) is 34.1. The predicted octanol–water partition coefficient (Wildman–Crippen LogP) is 18.1. The number of thioether (sulfide) groups is 1. The first kappa shape index (κ1) is 77.4. The highest BCUT2D eigenvalue weighted by Crippen LogP contribution is 2.31. The second-order valence-electron chi connectivity index (χ2n) is 23.9. The van der Waals surface area contributed by atoms with Gasteiger partial charge in [0, 0.05) is 39.0 Å². The van der Waals surface area contributed by atoms with Gasteiger partial charge in [0.2, 0.25) is 23.1 Å². The molecule has 0 saturated heterocycles. The Morgan fingerprint density at radius 3 is 0.865 bits per heavy atom. The summed E-state index contributed by atoms with van der Waals surface area (Å²) in [6, 6.07) is 0. The molecule has 0 aliphatic heterocycles. The molecule has 0 atom stereocenters. The van der Waals surface area contributed by atoms with Crippen LogP contribution in [0.15, 0.2) is 280 Å². The van der Waals surface area contributed by atoms with Crippen LogP contribution in [0.1, 0.15) is 147 Å². The number of unbranched alkanes of at least 4 members (excludes halogenated alkanes) is 3. The Morgan fingerprint density at radius 1 is 0.281 bits per heavy atom. The third kappa shape index (κ3) is 21.9. The molecule has 8 aliphatic rings. The molecule has 8 aliphatic carbocycles. The lowest BCUT2D eigenvalue weighted by Crippen LogP contribution is -2.12. The van der Waals surface area contributed by atoms with Gasteiger partial charge in [-0.25, -0.2) is 0 Å². The van der Waals surface area contributed by atoms with Gasteiger partial charge in [-0.3, -0.25) is 38.4 Å². The zero-order valence-electron chi connectivity index (χ0n) is 58.9. The number of ether oxygens (including phenoxy) is 4. The van der Waals surface area contributed by atoms with Gasteiger partial charge < -0.3 is 18.9 Å². The van der Waals surface area contributed by atoms with Crippen LogP contribution in [0.25, 0.3) is 0 Å². The van der Waals surface area contributed by atoms with E-state index in [-0.39, 0.29) is 46.3 Å². The van der Waals surface area contributed by atoms with E-state index in [0.717, 1.165) is 165 Å². The van der Waals surface area contributed by atoms with Gasteiger partial charge in [0.05, 0.1) is 33.3 Å². The van der Waals surface area contributed by atoms with E-state index in [4.69, 9.17) is 18.9 Å². The van der Waals surface area contributed by atoms with Crippen molar-refractivity contribution in [2.24, 2.45) is 0 Å². The number of hydrogen-bond donors (Lipinski definition) is 0. The summed E-state index contributed by atoms with van der Waals surface area (Å²) in [7, 11) is 5.96. The summed E-state index contributed by atoms with van der Waals surface area (Å²) in [5, 5.41) is 0. The highest BCUT2D eigenvalue weighted by atomic mass is 32.2. The Labute approximate surface area is 573 Å². The van der Waals surface area contributed by atoms with Crippen molar-refractivity contribution < 1.29 is 57.3 Å². The van der Waals surface area contributed by atoms with Crippen molar-refractivity contribution in [3.63, 3.8) is 0 Å². The van der Waals surface area contributed by atoms with Gasteiger partial charge in [-0.15, -0.1) is 11.8 Å². The fourth-order valence-corrected chi connectivity index (χ4v) is 11.4. The number of carbonyl (C=O) groups excluding carboxylic acids is 8. The summed E-state index contributed by atoms with van der Waals surface area (Å²) in [6.07, 6.45) is 57.5. The van der Waals surface area contributed by atoms with Crippen LogP contribution >= 0.6 is 11.8 Å². The summed E-state index contributed by atoms with van der Waals surface area (Å²) >= 11 is 1.38. The van der Waals surface area contributed by atoms with Crippen LogP contribution in [0, 0.1) is 0 Å². The van der Waals surface area contributed by atoms with Crippen molar-refractivity contribution in [3.05, 3.63) is 280 Å². The van der Waals surface area contributed by atoms with Crippen LogP contribution in [0.5, 0.6) is 0 Å². The second-order valence-corrected chi connectivity index (χ2v) is 24.7. The minimum Gasteiger partial charge on any atom is -0.493 e. The van der Waals surface area contributed by atoms with Crippen LogP contribution in [-0.4, -0.2) is 81.0 Å². The summed E-state index contributed by atoms with van der Waals surface area (Å²) in [4.78, 5) is 97.1. The maximum atomic E-state index is 12.4. The third-order valence-corrected chi connectivity index (χ3v) is 17.1. The summed E-state index contributed by atoms with van der Waals surface area (Å²) in [6.45, 7) is 21.3. The van der Waals surface area contributed by atoms with Crippen molar-refractivity contribution in [3.8, 4) is 0 Å². The first-order chi connectivity index (χ1) is 45.9. The summed E-state index contributed by atoms with van der Waals surface area (Å²) in [5.41, 5.74) is 16.3. The van der Waals surface area contributed by atoms with Crippen molar-refractivity contribution in [1.82, 2.24) is 0 Å². The molecule has 0 amide bonds. The molecule has 0 heterocycles. The Kier molecular flexibility index (Phi) is 30.9. The molecule has 96 heavy (non-hydrogen) atoms. The monoisotopic (exact) mass is 1310 g/mol. The Bertz CT molecular complexity index is 3800. The van der Waals surface area contributed by atoms with E-state index >= 15 is 0 Å². The predicted molar refractivity (Wildman–Crippen MR) is 389 cm³/mol. The molecule has 0 radical (unpaired) electrons. The average molecular weight is 1320 g/mol. The molecule has 0 saturated carbocycles. The first-order valence-electron chi connectivity index (χ1n) is 32.9. The maximum Gasteiger partial charge on any atom is 0.233 e. The number of hydrogen-bond acceptors (Lipinski definition) is 13. The summed E-state index contributed by atoms with van der Waals surface area (Å²) in [5.74, 6) is 1.60. The van der Waals surface area contributed by atoms with Crippen molar-refractivity contribution in [2.75, 3.05) is 34.7 Å². The molecule has 0 unspecified atom stereocenters. The van der Waals surface area contributed by atoms with E-state index in [0.29, 0.717) is 39.1 Å². The molecule has 504 valence electrons. The highest BCUT2D eigenvalue weighted by Gasteiger charge is 2.25. The molecule has 0 aromatic carbocycles. The fraction of sp³-hybridized carbons (Fsp3) is 0.325. The second kappa shape index (κ2) is 38.3. The van der Waals surface area contributed by atoms with Crippen molar-refractivity contribution in [1.29, 1.82) is 0 Å². The van der Waals surface area contributed by atoms with Gasteiger partial charge in [-0.05, 0) is 263 Å². The Balaban J connectivity index is 0.000000232. The van der Waals surface area contributed by atoms with Gasteiger partial charge in [-0.2, -0.15) is 0 Å². The van der Waals surface area contributed by atoms with Crippen molar-refractivity contribution >= 4 is 58.0 Å². The minimum absolute atomic E-state index is 0.0404. The van der Waals surface area contributed by atoms with Gasteiger partial charge >= 0.3 is 0 Å². The quantitative estimate of drug-likeness (QED) is 0.113. The molecule has 12 nitrogen and oxygen atoms in total. The zero-order valence-corrected chi connectivity index (χ0v) is 59.8. The van der Waals surface area contributed by atoms with Crippen LogP contribution < -0.4 is 0 Å². The van der Waals surface area contributed by atoms with E-state index in [1.54, 1.807) is 44.2 Å². The van der Waals surface area contributed by atoms with Gasteiger partial charge in [0.25, 0.3) is 0 Å². The van der Waals surface area contributed by atoms with Crippen LogP contribution in [0.4, 0.5) is 0 Å². The topological polar surface area (TPSA) is 173 Å². The van der Waals surface area contributed by atoms with Gasteiger partial charge in [-0.1, -0.05) is 102 Å². The molecular formula is C83H94O12S. The number of carbonyl (C=O) groups is 8. The third-order valence-electron chi connectivity index (χ3n) is 16.4. The maximum absolute atomic E-state index is 12.4. The number of ketones is 8.